The van der Waals surface area contributed by atoms with Crippen LogP contribution in [0.1, 0.15) is 39.0 Å². The highest BCUT2D eigenvalue weighted by atomic mass is 16.4. The zero-order chi connectivity index (χ0) is 15.6. The van der Waals surface area contributed by atoms with Crippen molar-refractivity contribution in [3.05, 3.63) is 0 Å². The molecule has 2 rings (SSSR count). The maximum atomic E-state index is 12.9. The lowest BCUT2D eigenvalue weighted by molar-refractivity contribution is -0.154. The number of nitrogens with one attached hydrogen (secondary N) is 1. The van der Waals surface area contributed by atoms with E-state index in [4.69, 9.17) is 10.9 Å². The predicted molar refractivity (Wildman–Crippen MR) is 73.3 cm³/mol. The van der Waals surface area contributed by atoms with E-state index in [9.17, 15) is 14.4 Å². The molecule has 21 heavy (non-hydrogen) atoms. The van der Waals surface area contributed by atoms with Gasteiger partial charge in [-0.25, -0.2) is 0 Å². The van der Waals surface area contributed by atoms with E-state index in [1.54, 1.807) is 6.92 Å². The average molecular weight is 296 g/mol. The lowest BCUT2D eigenvalue weighted by Crippen LogP contribution is -2.63. The van der Waals surface area contributed by atoms with Gasteiger partial charge in [0, 0.05) is 0 Å². The Morgan fingerprint density at radius 1 is 1.48 bits per heavy atom. The molecule has 3 amide bonds. The van der Waals surface area contributed by atoms with E-state index in [-0.39, 0.29) is 12.4 Å². The Morgan fingerprint density at radius 2 is 2.10 bits per heavy atom. The number of oxime groups is 1. The largest absolute Gasteiger partial charge is 0.409 e. The Labute approximate surface area is 122 Å². The van der Waals surface area contributed by atoms with E-state index in [1.165, 1.54) is 4.90 Å². The fourth-order valence-electron chi connectivity index (χ4n) is 3.21. The monoisotopic (exact) mass is 296 g/mol. The van der Waals surface area contributed by atoms with E-state index >= 15 is 0 Å². The molecule has 1 saturated carbocycles. The van der Waals surface area contributed by atoms with Gasteiger partial charge >= 0.3 is 0 Å². The van der Waals surface area contributed by atoms with Crippen LogP contribution < -0.4 is 11.1 Å². The van der Waals surface area contributed by atoms with Crippen molar-refractivity contribution in [2.45, 2.75) is 45.1 Å². The fraction of sp³-hybridized carbons (Fsp3) is 0.692. The molecule has 0 aromatic rings. The van der Waals surface area contributed by atoms with E-state index in [2.05, 4.69) is 10.5 Å². The van der Waals surface area contributed by atoms with Crippen LogP contribution in [0.4, 0.5) is 0 Å². The molecule has 1 atom stereocenters. The van der Waals surface area contributed by atoms with Gasteiger partial charge in [-0.3, -0.25) is 19.7 Å². The van der Waals surface area contributed by atoms with Crippen LogP contribution in [-0.4, -0.2) is 46.3 Å². The minimum absolute atomic E-state index is 0.140. The molecule has 2 aliphatic rings. The summed E-state index contributed by atoms with van der Waals surface area (Å²) in [5.74, 6) is -1.52. The Balaban J connectivity index is 2.35. The second kappa shape index (κ2) is 5.71. The lowest BCUT2D eigenvalue weighted by atomic mass is 9.82. The molecule has 1 heterocycles. The topological polar surface area (TPSA) is 125 Å². The molecular formula is C13H20N4O4. The number of piperazine rings is 1. The van der Waals surface area contributed by atoms with Crippen molar-refractivity contribution in [2.75, 3.05) is 6.54 Å². The summed E-state index contributed by atoms with van der Waals surface area (Å²) < 4.78 is 0. The highest BCUT2D eigenvalue weighted by Gasteiger charge is 2.50. The first-order valence-electron chi connectivity index (χ1n) is 7.09. The number of nitrogens with two attached hydrogens (primary N) is 1. The molecule has 1 aliphatic heterocycles. The van der Waals surface area contributed by atoms with Gasteiger partial charge in [0.1, 0.15) is 18.0 Å². The van der Waals surface area contributed by atoms with Gasteiger partial charge in [-0.1, -0.05) is 24.9 Å². The number of carbonyl (C=O) groups is 3. The molecule has 4 N–H and O–H groups in total. The SMILES string of the molecule is CCC1C(=O)NC(=O)CN1C(=O)C1(C(N)=NO)CCCC1. The summed E-state index contributed by atoms with van der Waals surface area (Å²) in [5.41, 5.74) is 4.65. The van der Waals surface area contributed by atoms with Crippen molar-refractivity contribution in [3.8, 4) is 0 Å². The van der Waals surface area contributed by atoms with Crippen LogP contribution in [-0.2, 0) is 14.4 Å². The molecule has 0 bridgehead atoms. The molecule has 116 valence electrons. The van der Waals surface area contributed by atoms with Crippen LogP contribution in [0.3, 0.4) is 0 Å². The molecule has 0 aromatic carbocycles. The first kappa shape index (κ1) is 15.3. The Morgan fingerprint density at radius 3 is 2.62 bits per heavy atom. The Hall–Kier alpha value is -2.12. The number of nitrogens with zero attached hydrogens (tertiary/aromatic N) is 2. The van der Waals surface area contributed by atoms with Gasteiger partial charge in [0.05, 0.1) is 0 Å². The van der Waals surface area contributed by atoms with Gasteiger partial charge in [0.25, 0.3) is 0 Å². The van der Waals surface area contributed by atoms with Gasteiger partial charge in [-0.05, 0) is 19.3 Å². The van der Waals surface area contributed by atoms with E-state index < -0.39 is 29.2 Å². The lowest BCUT2D eigenvalue weighted by Gasteiger charge is -2.39. The Kier molecular flexibility index (Phi) is 4.15. The summed E-state index contributed by atoms with van der Waals surface area (Å²) in [4.78, 5) is 37.6. The smallest absolute Gasteiger partial charge is 0.249 e. The van der Waals surface area contributed by atoms with Crippen LogP contribution in [0.5, 0.6) is 0 Å². The van der Waals surface area contributed by atoms with Gasteiger partial charge < -0.3 is 15.8 Å². The standard InChI is InChI=1S/C13H20N4O4/c1-2-8-10(19)15-9(18)7-17(8)12(20)13(11(14)16-21)5-3-4-6-13/h8,21H,2-7H2,1H3,(H2,14,16)(H,15,18,19). The van der Waals surface area contributed by atoms with Crippen molar-refractivity contribution in [2.24, 2.45) is 16.3 Å². The number of hydrogen-bond donors (Lipinski definition) is 3. The maximum Gasteiger partial charge on any atom is 0.249 e. The quantitative estimate of drug-likeness (QED) is 0.214. The molecule has 1 aliphatic carbocycles. The number of hydrogen-bond acceptors (Lipinski definition) is 5. The summed E-state index contributed by atoms with van der Waals surface area (Å²) in [6, 6.07) is -0.695. The number of rotatable bonds is 3. The molecular weight excluding hydrogens is 276 g/mol. The van der Waals surface area contributed by atoms with Crippen LogP contribution in [0.15, 0.2) is 5.16 Å². The predicted octanol–water partition coefficient (Wildman–Crippen LogP) is -0.443. The van der Waals surface area contributed by atoms with Crippen molar-refractivity contribution >= 4 is 23.6 Å². The van der Waals surface area contributed by atoms with Gasteiger partial charge in [-0.2, -0.15) is 0 Å². The summed E-state index contributed by atoms with van der Waals surface area (Å²) >= 11 is 0. The van der Waals surface area contributed by atoms with Crippen molar-refractivity contribution in [3.63, 3.8) is 0 Å². The Bertz CT molecular complexity index is 496. The summed E-state index contributed by atoms with van der Waals surface area (Å²) in [5, 5.41) is 14.2. The third-order valence-electron chi connectivity index (χ3n) is 4.37. The van der Waals surface area contributed by atoms with Gasteiger partial charge in [-0.15, -0.1) is 0 Å². The molecule has 1 unspecified atom stereocenters. The van der Waals surface area contributed by atoms with E-state index in [0.717, 1.165) is 12.8 Å². The first-order valence-corrected chi connectivity index (χ1v) is 7.09. The van der Waals surface area contributed by atoms with Crippen LogP contribution in [0.2, 0.25) is 0 Å². The van der Waals surface area contributed by atoms with Crippen molar-refractivity contribution in [1.82, 2.24) is 10.2 Å². The molecule has 8 nitrogen and oxygen atoms in total. The van der Waals surface area contributed by atoms with Gasteiger partial charge in [0.15, 0.2) is 5.84 Å². The third kappa shape index (κ3) is 2.45. The second-order valence-electron chi connectivity index (χ2n) is 5.54. The summed E-state index contributed by atoms with van der Waals surface area (Å²) in [6.45, 7) is 1.59. The minimum atomic E-state index is -1.10. The number of amidine groups is 1. The minimum Gasteiger partial charge on any atom is -0.409 e. The zero-order valence-electron chi connectivity index (χ0n) is 12.0. The summed E-state index contributed by atoms with van der Waals surface area (Å²) in [6.07, 6.45) is 2.89. The van der Waals surface area contributed by atoms with Crippen molar-refractivity contribution in [1.29, 1.82) is 0 Å². The van der Waals surface area contributed by atoms with E-state index in [1.807, 2.05) is 0 Å². The number of imide groups is 1. The van der Waals surface area contributed by atoms with Crippen molar-refractivity contribution < 1.29 is 19.6 Å². The normalized spacial score (nSPS) is 25.9. The van der Waals surface area contributed by atoms with E-state index in [0.29, 0.717) is 19.3 Å². The van der Waals surface area contributed by atoms with Crippen LogP contribution in [0, 0.1) is 5.41 Å². The highest BCUT2D eigenvalue weighted by Crippen LogP contribution is 2.40. The summed E-state index contributed by atoms with van der Waals surface area (Å²) in [7, 11) is 0. The average Bonchev–Trinajstić information content (AvgIpc) is 2.95. The van der Waals surface area contributed by atoms with Crippen LogP contribution >= 0.6 is 0 Å². The zero-order valence-corrected chi connectivity index (χ0v) is 12.0. The molecule has 0 spiro atoms. The highest BCUT2D eigenvalue weighted by molar-refractivity contribution is 6.11. The first-order chi connectivity index (χ1) is 9.96. The van der Waals surface area contributed by atoms with Crippen LogP contribution in [0.25, 0.3) is 0 Å². The molecule has 8 heteroatoms. The number of amides is 3. The molecule has 2 fully saturated rings. The fourth-order valence-corrected chi connectivity index (χ4v) is 3.21. The number of carbonyl (C=O) groups excluding carboxylic acids is 3. The molecule has 1 saturated heterocycles. The molecule has 0 radical (unpaired) electrons. The maximum absolute atomic E-state index is 12.9. The van der Waals surface area contributed by atoms with Gasteiger partial charge in [0.2, 0.25) is 17.7 Å². The molecule has 0 aromatic heterocycles. The third-order valence-corrected chi connectivity index (χ3v) is 4.37. The second-order valence-corrected chi connectivity index (χ2v) is 5.54.